The van der Waals surface area contributed by atoms with Crippen LogP contribution in [0.1, 0.15) is 40.1 Å². The van der Waals surface area contributed by atoms with Gasteiger partial charge in [0.05, 0.1) is 17.8 Å². The molecule has 1 aromatic rings. The maximum absolute atomic E-state index is 11.8. The number of hydrogen-bond donors (Lipinski definition) is 1. The van der Waals surface area contributed by atoms with Crippen LogP contribution in [-0.4, -0.2) is 30.5 Å². The van der Waals surface area contributed by atoms with Gasteiger partial charge < -0.3 is 10.1 Å². The lowest BCUT2D eigenvalue weighted by molar-refractivity contribution is -0.139. The molecule has 0 saturated carbocycles. The lowest BCUT2D eigenvalue weighted by Crippen LogP contribution is -2.29. The zero-order chi connectivity index (χ0) is 13.0. The van der Waals surface area contributed by atoms with Crippen LogP contribution in [0.4, 0.5) is 0 Å². The van der Waals surface area contributed by atoms with Crippen LogP contribution in [0.15, 0.2) is 0 Å². The molecule has 1 rings (SSSR count). The highest BCUT2D eigenvalue weighted by Crippen LogP contribution is 2.24. The minimum absolute atomic E-state index is 0.121. The Hall–Kier alpha value is -1.43. The van der Waals surface area contributed by atoms with E-state index in [0.29, 0.717) is 16.5 Å². The van der Waals surface area contributed by atoms with Gasteiger partial charge in [-0.3, -0.25) is 9.59 Å². The topological polar surface area (TPSA) is 68.3 Å². The number of hydrogen-bond acceptors (Lipinski definition) is 5. The third-order valence-corrected chi connectivity index (χ3v) is 3.59. The summed E-state index contributed by atoms with van der Waals surface area (Å²) < 4.78 is 4.44. The fourth-order valence-electron chi connectivity index (χ4n) is 1.18. The molecule has 0 unspecified atom stereocenters. The molecule has 0 fully saturated rings. The maximum Gasteiger partial charge on any atom is 0.325 e. The van der Waals surface area contributed by atoms with Crippen LogP contribution >= 0.6 is 11.3 Å². The third-order valence-electron chi connectivity index (χ3n) is 2.13. The number of carbonyl (C=O) groups excluding carboxylic acids is 2. The van der Waals surface area contributed by atoms with Crippen molar-refractivity contribution in [1.82, 2.24) is 10.3 Å². The zero-order valence-electron chi connectivity index (χ0n) is 10.4. The van der Waals surface area contributed by atoms with Gasteiger partial charge in [0.15, 0.2) is 0 Å². The van der Waals surface area contributed by atoms with Crippen molar-refractivity contribution in [3.05, 3.63) is 15.6 Å². The van der Waals surface area contributed by atoms with Crippen molar-refractivity contribution < 1.29 is 14.3 Å². The summed E-state index contributed by atoms with van der Waals surface area (Å²) in [6.07, 6.45) is 0. The smallest absolute Gasteiger partial charge is 0.325 e. The van der Waals surface area contributed by atoms with Crippen molar-refractivity contribution in [3.63, 3.8) is 0 Å². The average Bonchev–Trinajstić information content (AvgIpc) is 2.68. The molecule has 1 amide bonds. The van der Waals surface area contributed by atoms with Crippen LogP contribution in [-0.2, 0) is 9.53 Å². The van der Waals surface area contributed by atoms with Crippen molar-refractivity contribution in [2.45, 2.75) is 26.7 Å². The predicted molar refractivity (Wildman–Crippen MR) is 65.3 cm³/mol. The lowest BCUT2D eigenvalue weighted by Gasteiger charge is -2.01. The molecule has 0 aliphatic rings. The fourth-order valence-corrected chi connectivity index (χ4v) is 2.17. The number of ether oxygens (including phenoxy) is 1. The molecule has 1 heterocycles. The van der Waals surface area contributed by atoms with Gasteiger partial charge in [0.1, 0.15) is 11.4 Å². The van der Waals surface area contributed by atoms with Crippen molar-refractivity contribution in [2.24, 2.45) is 0 Å². The summed E-state index contributed by atoms with van der Waals surface area (Å²) in [5, 5.41) is 3.42. The molecule has 0 saturated heterocycles. The van der Waals surface area contributed by atoms with E-state index in [-0.39, 0.29) is 12.5 Å². The van der Waals surface area contributed by atoms with E-state index in [2.05, 4.69) is 15.0 Å². The second-order valence-electron chi connectivity index (χ2n) is 3.88. The molecule has 94 valence electrons. The monoisotopic (exact) mass is 256 g/mol. The molecule has 0 aromatic carbocycles. The molecule has 0 spiro atoms. The molecule has 6 heteroatoms. The van der Waals surface area contributed by atoms with Gasteiger partial charge in [0.2, 0.25) is 0 Å². The lowest BCUT2D eigenvalue weighted by atomic mass is 10.2. The number of rotatable bonds is 4. The van der Waals surface area contributed by atoms with Crippen molar-refractivity contribution in [1.29, 1.82) is 0 Å². The van der Waals surface area contributed by atoms with Gasteiger partial charge in [0.25, 0.3) is 5.91 Å². The molecule has 0 aliphatic carbocycles. The van der Waals surface area contributed by atoms with E-state index >= 15 is 0 Å². The summed E-state index contributed by atoms with van der Waals surface area (Å²) in [6, 6.07) is 0. The second kappa shape index (κ2) is 5.77. The first-order valence-corrected chi connectivity index (χ1v) is 6.09. The number of thiazole rings is 1. The first kappa shape index (κ1) is 13.6. The van der Waals surface area contributed by atoms with Crippen LogP contribution in [0, 0.1) is 6.92 Å². The molecule has 0 bridgehead atoms. The Morgan fingerprint density at radius 3 is 2.59 bits per heavy atom. The van der Waals surface area contributed by atoms with Gasteiger partial charge in [-0.05, 0) is 6.92 Å². The van der Waals surface area contributed by atoms with E-state index in [1.54, 1.807) is 6.92 Å². The predicted octanol–water partition coefficient (Wildman–Crippen LogP) is 1.48. The molecular weight excluding hydrogens is 240 g/mol. The SMILES string of the molecule is COC(=O)CNC(=O)c1sc(C(C)C)nc1C. The number of methoxy groups -OCH3 is 1. The van der Waals surface area contributed by atoms with E-state index < -0.39 is 5.97 Å². The van der Waals surface area contributed by atoms with Crippen LogP contribution < -0.4 is 5.32 Å². The van der Waals surface area contributed by atoms with E-state index in [4.69, 9.17) is 0 Å². The Balaban J connectivity index is 2.72. The van der Waals surface area contributed by atoms with Crippen molar-refractivity contribution in [3.8, 4) is 0 Å². The number of amides is 1. The minimum atomic E-state index is -0.468. The largest absolute Gasteiger partial charge is 0.468 e. The Bertz CT molecular complexity index is 426. The molecule has 0 radical (unpaired) electrons. The molecule has 1 aromatic heterocycles. The molecule has 1 N–H and O–H groups in total. The zero-order valence-corrected chi connectivity index (χ0v) is 11.2. The summed E-state index contributed by atoms with van der Waals surface area (Å²) in [5.41, 5.74) is 0.695. The molecule has 5 nitrogen and oxygen atoms in total. The summed E-state index contributed by atoms with van der Waals surface area (Å²) in [5.74, 6) is -0.456. The highest BCUT2D eigenvalue weighted by Gasteiger charge is 2.17. The highest BCUT2D eigenvalue weighted by atomic mass is 32.1. The molecule has 17 heavy (non-hydrogen) atoms. The molecule has 0 aliphatic heterocycles. The van der Waals surface area contributed by atoms with Crippen LogP contribution in [0.2, 0.25) is 0 Å². The Kier molecular flexibility index (Phi) is 4.62. The highest BCUT2D eigenvalue weighted by molar-refractivity contribution is 7.13. The van der Waals surface area contributed by atoms with E-state index in [1.165, 1.54) is 18.4 Å². The summed E-state index contributed by atoms with van der Waals surface area (Å²) in [4.78, 5) is 27.5. The fraction of sp³-hybridized carbons (Fsp3) is 0.545. The van der Waals surface area contributed by atoms with Gasteiger partial charge in [0, 0.05) is 5.92 Å². The van der Waals surface area contributed by atoms with Crippen LogP contribution in [0.5, 0.6) is 0 Å². The second-order valence-corrected chi connectivity index (χ2v) is 4.91. The van der Waals surface area contributed by atoms with Crippen LogP contribution in [0.3, 0.4) is 0 Å². The number of carbonyl (C=O) groups is 2. The molecular formula is C11H16N2O3S. The summed E-state index contributed by atoms with van der Waals surface area (Å²) >= 11 is 1.36. The normalized spacial score (nSPS) is 10.4. The number of esters is 1. The first-order chi connectivity index (χ1) is 7.95. The van der Waals surface area contributed by atoms with E-state index in [1.807, 2.05) is 13.8 Å². The van der Waals surface area contributed by atoms with Gasteiger partial charge in [-0.1, -0.05) is 13.8 Å². The van der Waals surface area contributed by atoms with Gasteiger partial charge in [-0.25, -0.2) is 4.98 Å². The Morgan fingerprint density at radius 1 is 1.47 bits per heavy atom. The van der Waals surface area contributed by atoms with Gasteiger partial charge in [-0.15, -0.1) is 11.3 Å². The van der Waals surface area contributed by atoms with E-state index in [9.17, 15) is 9.59 Å². The Morgan fingerprint density at radius 2 is 2.12 bits per heavy atom. The quantitative estimate of drug-likeness (QED) is 0.828. The number of nitrogens with one attached hydrogen (secondary N) is 1. The van der Waals surface area contributed by atoms with Crippen molar-refractivity contribution in [2.75, 3.05) is 13.7 Å². The van der Waals surface area contributed by atoms with E-state index in [0.717, 1.165) is 5.01 Å². The number of nitrogens with zero attached hydrogens (tertiary/aromatic N) is 1. The third kappa shape index (κ3) is 3.52. The average molecular weight is 256 g/mol. The number of aromatic nitrogens is 1. The Labute approximate surface area is 104 Å². The van der Waals surface area contributed by atoms with Gasteiger partial charge in [-0.2, -0.15) is 0 Å². The first-order valence-electron chi connectivity index (χ1n) is 5.28. The summed E-state index contributed by atoms with van der Waals surface area (Å²) in [7, 11) is 1.28. The summed E-state index contributed by atoms with van der Waals surface area (Å²) in [6.45, 7) is 5.71. The number of aryl methyl sites for hydroxylation is 1. The van der Waals surface area contributed by atoms with Gasteiger partial charge >= 0.3 is 5.97 Å². The maximum atomic E-state index is 11.8. The van der Waals surface area contributed by atoms with Crippen LogP contribution in [0.25, 0.3) is 0 Å². The van der Waals surface area contributed by atoms with Crippen molar-refractivity contribution >= 4 is 23.2 Å². The minimum Gasteiger partial charge on any atom is -0.468 e. The molecule has 0 atom stereocenters. The standard InChI is InChI=1S/C11H16N2O3S/c1-6(2)11-13-7(3)9(17-11)10(15)12-5-8(14)16-4/h6H,5H2,1-4H3,(H,12,15).